The number of thioether (sulfide) groups is 1. The van der Waals surface area contributed by atoms with Crippen LogP contribution in [0.5, 0.6) is 5.75 Å². The number of carbonyl (C=O) groups is 1. The number of amides is 1. The molecule has 150 valence electrons. The number of ether oxygens (including phenoxy) is 1. The summed E-state index contributed by atoms with van der Waals surface area (Å²) in [5.41, 5.74) is 2.51. The van der Waals surface area contributed by atoms with Crippen molar-refractivity contribution in [3.63, 3.8) is 0 Å². The number of carbonyl (C=O) groups excluding carboxylic acids is 1. The first-order chi connectivity index (χ1) is 14.7. The van der Waals surface area contributed by atoms with Crippen molar-refractivity contribution in [2.24, 2.45) is 4.99 Å². The molecule has 1 amide bonds. The lowest BCUT2D eigenvalue weighted by molar-refractivity contribution is -0.113. The fourth-order valence-corrected chi connectivity index (χ4v) is 4.51. The van der Waals surface area contributed by atoms with Gasteiger partial charge in [-0.1, -0.05) is 42.5 Å². The van der Waals surface area contributed by atoms with Gasteiger partial charge in [-0.3, -0.25) is 9.69 Å². The number of hydrogen-bond acceptors (Lipinski definition) is 4. The third-order valence-electron chi connectivity index (χ3n) is 4.36. The number of amidine groups is 1. The molecule has 1 aliphatic rings. The molecule has 4 rings (SSSR count). The molecule has 1 fully saturated rings. The van der Waals surface area contributed by atoms with Crippen molar-refractivity contribution in [3.8, 4) is 5.75 Å². The van der Waals surface area contributed by atoms with Gasteiger partial charge in [-0.25, -0.2) is 4.99 Å². The maximum atomic E-state index is 13.3. The number of benzene rings is 3. The van der Waals surface area contributed by atoms with E-state index >= 15 is 0 Å². The number of aliphatic imine (C=N–C) groups is 1. The average molecular weight is 479 g/mol. The van der Waals surface area contributed by atoms with Crippen LogP contribution >= 0.6 is 27.7 Å². The maximum absolute atomic E-state index is 13.3. The average Bonchev–Trinajstić information content (AvgIpc) is 3.06. The van der Waals surface area contributed by atoms with Crippen LogP contribution in [0.25, 0.3) is 6.08 Å². The minimum Gasteiger partial charge on any atom is -0.493 e. The Morgan fingerprint density at radius 1 is 1.03 bits per heavy atom. The third-order valence-corrected chi connectivity index (χ3v) is 5.94. The zero-order chi connectivity index (χ0) is 20.9. The normalized spacial score (nSPS) is 16.5. The molecular weight excluding hydrogens is 460 g/mol. The predicted octanol–water partition coefficient (Wildman–Crippen LogP) is 6.66. The molecule has 6 heteroatoms. The molecule has 1 heterocycles. The second kappa shape index (κ2) is 9.32. The van der Waals surface area contributed by atoms with Crippen molar-refractivity contribution in [3.05, 3.63) is 93.8 Å². The first-order valence-corrected chi connectivity index (χ1v) is 11.1. The third kappa shape index (κ3) is 4.50. The Hall–Kier alpha value is -2.83. The molecule has 0 bridgehead atoms. The number of para-hydroxylation sites is 2. The van der Waals surface area contributed by atoms with E-state index in [-0.39, 0.29) is 5.91 Å². The Balaban J connectivity index is 1.72. The largest absolute Gasteiger partial charge is 0.493 e. The summed E-state index contributed by atoms with van der Waals surface area (Å²) in [6.45, 7) is 2.54. The zero-order valence-corrected chi connectivity index (χ0v) is 18.7. The Kier molecular flexibility index (Phi) is 6.35. The lowest BCUT2D eigenvalue weighted by atomic mass is 10.2. The van der Waals surface area contributed by atoms with Gasteiger partial charge in [0.2, 0.25) is 0 Å². The number of rotatable bonds is 5. The van der Waals surface area contributed by atoms with Crippen LogP contribution in [0.2, 0.25) is 0 Å². The van der Waals surface area contributed by atoms with Crippen LogP contribution in [0.3, 0.4) is 0 Å². The Morgan fingerprint density at radius 3 is 2.40 bits per heavy atom. The number of anilines is 1. The smallest absolute Gasteiger partial charge is 0.271 e. The van der Waals surface area contributed by atoms with Crippen molar-refractivity contribution >= 4 is 56.2 Å². The molecule has 0 spiro atoms. The number of nitrogens with zero attached hydrogens (tertiary/aromatic N) is 2. The highest BCUT2D eigenvalue weighted by molar-refractivity contribution is 9.10. The van der Waals surface area contributed by atoms with Crippen LogP contribution in [0.1, 0.15) is 12.5 Å². The van der Waals surface area contributed by atoms with Gasteiger partial charge in [0.1, 0.15) is 5.75 Å². The zero-order valence-electron chi connectivity index (χ0n) is 16.3. The molecule has 0 radical (unpaired) electrons. The van der Waals surface area contributed by atoms with Crippen LogP contribution < -0.4 is 9.64 Å². The maximum Gasteiger partial charge on any atom is 0.271 e. The number of halogens is 1. The summed E-state index contributed by atoms with van der Waals surface area (Å²) in [5.74, 6) is 0.688. The Morgan fingerprint density at radius 2 is 1.73 bits per heavy atom. The fourth-order valence-electron chi connectivity index (χ4n) is 3.00. The summed E-state index contributed by atoms with van der Waals surface area (Å²) >= 11 is 4.91. The van der Waals surface area contributed by atoms with Crippen LogP contribution in [-0.2, 0) is 4.79 Å². The molecule has 4 nitrogen and oxygen atoms in total. The van der Waals surface area contributed by atoms with E-state index in [1.54, 1.807) is 4.90 Å². The molecule has 0 N–H and O–H groups in total. The van der Waals surface area contributed by atoms with E-state index in [4.69, 9.17) is 9.73 Å². The van der Waals surface area contributed by atoms with Crippen molar-refractivity contribution in [2.75, 3.05) is 11.5 Å². The molecule has 0 aromatic heterocycles. The van der Waals surface area contributed by atoms with Crippen molar-refractivity contribution in [1.29, 1.82) is 0 Å². The predicted molar refractivity (Wildman–Crippen MR) is 128 cm³/mol. The van der Waals surface area contributed by atoms with Gasteiger partial charge in [-0.05, 0) is 82.7 Å². The van der Waals surface area contributed by atoms with Gasteiger partial charge in [0.05, 0.1) is 27.4 Å². The van der Waals surface area contributed by atoms with Crippen LogP contribution in [0.4, 0.5) is 11.4 Å². The quantitative estimate of drug-likeness (QED) is 0.385. The Labute approximate surface area is 188 Å². The topological polar surface area (TPSA) is 41.9 Å². The summed E-state index contributed by atoms with van der Waals surface area (Å²) in [4.78, 5) is 20.3. The first-order valence-electron chi connectivity index (χ1n) is 9.51. The molecule has 0 atom stereocenters. The van der Waals surface area contributed by atoms with Crippen molar-refractivity contribution in [2.45, 2.75) is 6.92 Å². The van der Waals surface area contributed by atoms with E-state index in [1.165, 1.54) is 11.8 Å². The van der Waals surface area contributed by atoms with E-state index in [1.807, 2.05) is 91.9 Å². The first kappa shape index (κ1) is 20.4. The number of hydrogen-bond donors (Lipinski definition) is 0. The molecular formula is C24H19BrN2O2S. The van der Waals surface area contributed by atoms with E-state index in [0.717, 1.165) is 27.2 Å². The molecule has 3 aromatic rings. The molecule has 3 aromatic carbocycles. The molecule has 1 saturated heterocycles. The molecule has 0 saturated carbocycles. The standard InChI is InChI=1S/C24H19BrN2O2S/c1-2-29-21-14-13-17(15-20(21)25)16-22-23(28)27(19-11-7-4-8-12-19)24(30-22)26-18-9-5-3-6-10-18/h3-16H,2H2,1H3/b22-16+,26-24?. The lowest BCUT2D eigenvalue weighted by Gasteiger charge is -2.15. The van der Waals surface area contributed by atoms with Gasteiger partial charge in [0.15, 0.2) is 5.17 Å². The minimum atomic E-state index is -0.0918. The highest BCUT2D eigenvalue weighted by atomic mass is 79.9. The van der Waals surface area contributed by atoms with E-state index in [9.17, 15) is 4.79 Å². The van der Waals surface area contributed by atoms with Crippen molar-refractivity contribution in [1.82, 2.24) is 0 Å². The summed E-state index contributed by atoms with van der Waals surface area (Å²) in [6, 6.07) is 25.0. The van der Waals surface area contributed by atoms with Gasteiger partial charge in [-0.15, -0.1) is 0 Å². The van der Waals surface area contributed by atoms with Crippen molar-refractivity contribution < 1.29 is 9.53 Å². The second-order valence-corrected chi connectivity index (χ2v) is 8.30. The summed E-state index contributed by atoms with van der Waals surface area (Å²) in [7, 11) is 0. The van der Waals surface area contributed by atoms with Gasteiger partial charge in [0.25, 0.3) is 5.91 Å². The second-order valence-electron chi connectivity index (χ2n) is 6.44. The van der Waals surface area contributed by atoms with Crippen LogP contribution in [-0.4, -0.2) is 17.7 Å². The lowest BCUT2D eigenvalue weighted by Crippen LogP contribution is -2.28. The van der Waals surface area contributed by atoms with E-state index < -0.39 is 0 Å². The highest BCUT2D eigenvalue weighted by Crippen LogP contribution is 2.38. The van der Waals surface area contributed by atoms with Gasteiger partial charge >= 0.3 is 0 Å². The van der Waals surface area contributed by atoms with E-state index in [0.29, 0.717) is 16.7 Å². The monoisotopic (exact) mass is 478 g/mol. The van der Waals surface area contributed by atoms with E-state index in [2.05, 4.69) is 15.9 Å². The molecule has 30 heavy (non-hydrogen) atoms. The van der Waals surface area contributed by atoms with Crippen LogP contribution in [0, 0.1) is 0 Å². The summed E-state index contributed by atoms with van der Waals surface area (Å²) in [5, 5.41) is 0.633. The highest BCUT2D eigenvalue weighted by Gasteiger charge is 2.34. The SMILES string of the molecule is CCOc1ccc(/C=C2/SC(=Nc3ccccc3)N(c3ccccc3)C2=O)cc1Br. The molecule has 0 aliphatic carbocycles. The van der Waals surface area contributed by atoms with Gasteiger partial charge in [-0.2, -0.15) is 0 Å². The summed E-state index contributed by atoms with van der Waals surface area (Å²) in [6.07, 6.45) is 1.89. The molecule has 0 unspecified atom stereocenters. The van der Waals surface area contributed by atoms with Crippen LogP contribution in [0.15, 0.2) is 93.2 Å². The minimum absolute atomic E-state index is 0.0918. The molecule has 1 aliphatic heterocycles. The van der Waals surface area contributed by atoms with Gasteiger partial charge < -0.3 is 4.74 Å². The fraction of sp³-hybridized carbons (Fsp3) is 0.0833. The van der Waals surface area contributed by atoms with Gasteiger partial charge in [0, 0.05) is 0 Å². The Bertz CT molecular complexity index is 1110. The summed E-state index contributed by atoms with van der Waals surface area (Å²) < 4.78 is 6.43.